The number of aliphatic imine (C=N–C) groups is 2. The van der Waals surface area contributed by atoms with Gasteiger partial charge in [-0.2, -0.15) is 0 Å². The zero-order chi connectivity index (χ0) is 26.1. The molecule has 0 N–H and O–H groups in total. The second-order valence-corrected chi connectivity index (χ2v) is 8.80. The van der Waals surface area contributed by atoms with Gasteiger partial charge in [0, 0.05) is 36.5 Å². The van der Waals surface area contributed by atoms with Crippen LogP contribution in [0.3, 0.4) is 0 Å². The van der Waals surface area contributed by atoms with Gasteiger partial charge in [0.1, 0.15) is 0 Å². The minimum atomic E-state index is -10.7. The van der Waals surface area contributed by atoms with Gasteiger partial charge < -0.3 is 15.3 Å². The van der Waals surface area contributed by atoms with Crippen molar-refractivity contribution in [3.05, 3.63) is 120 Å². The molecule has 0 bridgehead atoms. The Morgan fingerprint density at radius 1 is 0.541 bits per heavy atom. The van der Waals surface area contributed by atoms with E-state index in [1.165, 1.54) is 0 Å². The number of halogens is 6. The summed E-state index contributed by atoms with van der Waals surface area (Å²) in [6.45, 7) is 0. The third kappa shape index (κ3) is 12.3. The minimum Gasteiger partial charge on any atom is -0.357 e. The van der Waals surface area contributed by atoms with E-state index in [2.05, 4.69) is 30.3 Å². The average Bonchev–Trinajstić information content (AvgIpc) is 3.17. The smallest absolute Gasteiger partial charge is 0.357 e. The molecule has 3 aromatic heterocycles. The summed E-state index contributed by atoms with van der Waals surface area (Å²) in [7, 11) is -10.7. The molecule has 4 heterocycles. The predicted octanol–water partition coefficient (Wildman–Crippen LogP) is 8.48. The van der Waals surface area contributed by atoms with Crippen LogP contribution in [-0.2, 0) is 21.1 Å². The summed E-state index contributed by atoms with van der Waals surface area (Å²) < 4.78 is 59.2. The first kappa shape index (κ1) is 29.7. The number of hydrogen-bond donors (Lipinski definition) is 0. The van der Waals surface area contributed by atoms with Gasteiger partial charge in [-0.25, -0.2) is 0 Å². The quantitative estimate of drug-likeness (QED) is 0.154. The molecule has 0 saturated heterocycles. The SMILES string of the molecule is F[P-](F)(F)(F)(F)F.[Pt+2].c1ccc(/N=C2\[N-]/C(=N\c3ccccn3)c3ccccc32)nc1.c1ccncc1. The van der Waals surface area contributed by atoms with Gasteiger partial charge in [-0.3, -0.25) is 15.0 Å². The third-order valence-corrected chi connectivity index (χ3v) is 3.93. The first-order chi connectivity index (χ1) is 16.8. The van der Waals surface area contributed by atoms with Crippen LogP contribution in [0.15, 0.2) is 114 Å². The Balaban J connectivity index is 0.000000285. The van der Waals surface area contributed by atoms with Crippen molar-refractivity contribution < 1.29 is 46.2 Å². The number of benzene rings is 1. The van der Waals surface area contributed by atoms with Crippen molar-refractivity contribution in [2.75, 3.05) is 0 Å². The second-order valence-electron chi connectivity index (χ2n) is 6.89. The van der Waals surface area contributed by atoms with Crippen molar-refractivity contribution in [2.45, 2.75) is 0 Å². The molecule has 0 aliphatic carbocycles. The average molecular weight is 717 g/mol. The van der Waals surface area contributed by atoms with E-state index in [-0.39, 0.29) is 21.1 Å². The van der Waals surface area contributed by atoms with E-state index < -0.39 is 7.81 Å². The maximum atomic E-state index is 9.87. The normalized spacial score (nSPS) is 15.8. The molecule has 37 heavy (non-hydrogen) atoms. The van der Waals surface area contributed by atoms with Crippen LogP contribution in [0.5, 0.6) is 0 Å². The van der Waals surface area contributed by atoms with Gasteiger partial charge in [-0.05, 0) is 47.5 Å². The molecular weight excluding hydrogens is 700 g/mol. The Kier molecular flexibility index (Phi) is 9.41. The number of nitrogens with zero attached hydrogens (tertiary/aromatic N) is 6. The van der Waals surface area contributed by atoms with E-state index in [1.807, 2.05) is 78.9 Å². The van der Waals surface area contributed by atoms with E-state index in [0.29, 0.717) is 23.3 Å². The molecule has 0 unspecified atom stereocenters. The van der Waals surface area contributed by atoms with Crippen molar-refractivity contribution in [3.63, 3.8) is 0 Å². The number of hydrogen-bond acceptors (Lipinski definition) is 5. The summed E-state index contributed by atoms with van der Waals surface area (Å²) in [5.74, 6) is 2.49. The van der Waals surface area contributed by atoms with Gasteiger partial charge in [-0.15, -0.1) is 0 Å². The van der Waals surface area contributed by atoms with Gasteiger partial charge in [0.05, 0.1) is 11.6 Å². The van der Waals surface area contributed by atoms with Crippen LogP contribution in [0.1, 0.15) is 11.1 Å². The number of fused-ring (bicyclic) bond motifs is 1. The van der Waals surface area contributed by atoms with E-state index in [9.17, 15) is 25.2 Å². The number of rotatable bonds is 2. The number of pyridine rings is 3. The van der Waals surface area contributed by atoms with Gasteiger partial charge in [0.15, 0.2) is 0 Å². The molecule has 0 radical (unpaired) electrons. The van der Waals surface area contributed by atoms with Crippen LogP contribution >= 0.6 is 7.81 Å². The Hall–Kier alpha value is -3.49. The molecule has 0 amide bonds. The zero-order valence-corrected chi connectivity index (χ0v) is 21.7. The molecule has 0 saturated carbocycles. The molecule has 0 fully saturated rings. The van der Waals surface area contributed by atoms with E-state index in [4.69, 9.17) is 0 Å². The summed E-state index contributed by atoms with van der Waals surface area (Å²) in [4.78, 5) is 21.3. The summed E-state index contributed by atoms with van der Waals surface area (Å²) in [6, 6.07) is 24.8. The fourth-order valence-electron chi connectivity index (χ4n) is 2.63. The van der Waals surface area contributed by atoms with Crippen LogP contribution in [0, 0.1) is 0 Å². The fraction of sp³-hybridized carbons (Fsp3) is 0. The summed E-state index contributed by atoms with van der Waals surface area (Å²) in [6.07, 6.45) is 6.92. The van der Waals surface area contributed by atoms with Crippen molar-refractivity contribution in [3.8, 4) is 0 Å². The van der Waals surface area contributed by atoms with Crippen molar-refractivity contribution in [2.24, 2.45) is 9.98 Å². The van der Waals surface area contributed by atoms with Gasteiger partial charge >= 0.3 is 54.1 Å². The largest absolute Gasteiger partial charge is 2.00 e. The molecule has 196 valence electrons. The second kappa shape index (κ2) is 11.7. The first-order valence-electron chi connectivity index (χ1n) is 10.1. The first-order valence-corrected chi connectivity index (χ1v) is 12.1. The van der Waals surface area contributed by atoms with Crippen molar-refractivity contribution in [1.82, 2.24) is 15.0 Å². The minimum absolute atomic E-state index is 0. The van der Waals surface area contributed by atoms with E-state index in [0.717, 1.165) is 11.1 Å². The van der Waals surface area contributed by atoms with Crippen molar-refractivity contribution >= 4 is 31.1 Å². The van der Waals surface area contributed by atoms with Gasteiger partial charge in [0.2, 0.25) is 0 Å². The molecule has 6 nitrogen and oxygen atoms in total. The Morgan fingerprint density at radius 3 is 1.22 bits per heavy atom. The van der Waals surface area contributed by atoms with Crippen LogP contribution in [0.25, 0.3) is 5.32 Å². The van der Waals surface area contributed by atoms with Crippen LogP contribution in [-0.4, -0.2) is 26.6 Å². The summed E-state index contributed by atoms with van der Waals surface area (Å²) in [5.41, 5.74) is 1.90. The molecule has 4 aromatic rings. The van der Waals surface area contributed by atoms with E-state index >= 15 is 0 Å². The summed E-state index contributed by atoms with van der Waals surface area (Å²) >= 11 is 0. The molecule has 5 rings (SSSR count). The Bertz CT molecular complexity index is 1230. The zero-order valence-electron chi connectivity index (χ0n) is 18.5. The summed E-state index contributed by atoms with van der Waals surface area (Å²) in [5, 5.41) is 4.57. The fourth-order valence-corrected chi connectivity index (χ4v) is 2.63. The Labute approximate surface area is 222 Å². The predicted molar refractivity (Wildman–Crippen MR) is 128 cm³/mol. The topological polar surface area (TPSA) is 77.5 Å². The van der Waals surface area contributed by atoms with Gasteiger partial charge in [-0.1, -0.05) is 42.5 Å². The van der Waals surface area contributed by atoms with Crippen LogP contribution < -0.4 is 0 Å². The molecule has 1 aliphatic heterocycles. The monoisotopic (exact) mass is 717 g/mol. The maximum absolute atomic E-state index is 10.7. The van der Waals surface area contributed by atoms with Crippen LogP contribution in [0.4, 0.5) is 36.8 Å². The maximum Gasteiger partial charge on any atom is 2.00 e. The number of amidine groups is 2. The molecule has 1 aliphatic rings. The van der Waals surface area contributed by atoms with Crippen molar-refractivity contribution in [1.29, 1.82) is 0 Å². The van der Waals surface area contributed by atoms with Crippen LogP contribution in [0.2, 0.25) is 0 Å². The molecule has 0 spiro atoms. The molecule has 0 atom stereocenters. The number of aromatic nitrogens is 3. The standard InChI is InChI=1S/C18H12N5.C5H5N.F6P.Pt/c1-2-8-14-13(7-1)17(21-15-9-3-5-11-19-15)23-18(14)22-16-10-4-6-12-20-16;1-2-4-6-5-3-1;1-7(2,3,4,5)6;/h1-12H;1-5H;;/q-1;;-1;+2. The third-order valence-electron chi connectivity index (χ3n) is 3.93. The molecule has 14 heteroatoms. The van der Waals surface area contributed by atoms with E-state index in [1.54, 1.807) is 24.8 Å². The Morgan fingerprint density at radius 2 is 0.919 bits per heavy atom. The van der Waals surface area contributed by atoms with Gasteiger partial charge in [0.25, 0.3) is 0 Å². The molecule has 1 aromatic carbocycles. The molecular formula is C23H17F6N6PPt.